The number of para-hydroxylation sites is 1. The van der Waals surface area contributed by atoms with Crippen molar-refractivity contribution in [3.05, 3.63) is 42.0 Å². The lowest BCUT2D eigenvalue weighted by Crippen LogP contribution is -2.23. The number of primary amides is 1. The van der Waals surface area contributed by atoms with E-state index in [1.54, 1.807) is 0 Å². The summed E-state index contributed by atoms with van der Waals surface area (Å²) in [5.41, 5.74) is 7.87. The zero-order valence-corrected chi connectivity index (χ0v) is 19.2. The van der Waals surface area contributed by atoms with Gasteiger partial charge < -0.3 is 10.6 Å². The Morgan fingerprint density at radius 3 is 2.03 bits per heavy atom. The van der Waals surface area contributed by atoms with Crippen LogP contribution in [-0.4, -0.2) is 20.0 Å². The standard InChI is InChI=1S/C26H44N2O/c1-4-5-6-7-8-9-10-11-12-13-14-15-16-17-21-24(26(27)29)23-20-18-19-22-25(23)28(2)3/h11-12,18-20,22,24H,4-10,13-17,21H2,1-3H3,(H2,27,29)/b12-11-. The van der Waals surface area contributed by atoms with Crippen LogP contribution in [0.1, 0.15) is 102 Å². The van der Waals surface area contributed by atoms with Crippen LogP contribution in [0, 0.1) is 0 Å². The molecule has 0 spiro atoms. The van der Waals surface area contributed by atoms with Crippen molar-refractivity contribution in [2.24, 2.45) is 5.73 Å². The summed E-state index contributed by atoms with van der Waals surface area (Å²) in [6.45, 7) is 2.27. The highest BCUT2D eigenvalue weighted by Crippen LogP contribution is 2.30. The van der Waals surface area contributed by atoms with Gasteiger partial charge >= 0.3 is 0 Å². The van der Waals surface area contributed by atoms with Crippen LogP contribution in [0.5, 0.6) is 0 Å². The number of carbonyl (C=O) groups is 1. The van der Waals surface area contributed by atoms with Gasteiger partial charge in [-0.15, -0.1) is 0 Å². The first-order valence-corrected chi connectivity index (χ1v) is 11.8. The van der Waals surface area contributed by atoms with Crippen molar-refractivity contribution in [2.45, 2.75) is 96.3 Å². The number of anilines is 1. The first-order chi connectivity index (χ1) is 14.1. The molecule has 0 fully saturated rings. The van der Waals surface area contributed by atoms with Crippen molar-refractivity contribution in [3.63, 3.8) is 0 Å². The monoisotopic (exact) mass is 400 g/mol. The number of allylic oxidation sites excluding steroid dienone is 2. The highest BCUT2D eigenvalue weighted by atomic mass is 16.1. The third-order valence-corrected chi connectivity index (χ3v) is 5.64. The maximum atomic E-state index is 12.0. The number of hydrogen-bond acceptors (Lipinski definition) is 2. The molecule has 1 unspecified atom stereocenters. The number of benzene rings is 1. The zero-order chi connectivity index (χ0) is 21.3. The minimum absolute atomic E-state index is 0.189. The Hall–Kier alpha value is -1.77. The van der Waals surface area contributed by atoms with Crippen molar-refractivity contribution in [2.75, 3.05) is 19.0 Å². The SMILES string of the molecule is CCCCCCCC/C=C\CCCCCCC(C(N)=O)c1ccccc1N(C)C. The molecule has 1 aromatic carbocycles. The molecule has 3 nitrogen and oxygen atoms in total. The number of unbranched alkanes of at least 4 members (excludes halogenated alkanes) is 10. The molecule has 29 heavy (non-hydrogen) atoms. The highest BCUT2D eigenvalue weighted by Gasteiger charge is 2.20. The largest absolute Gasteiger partial charge is 0.377 e. The van der Waals surface area contributed by atoms with Gasteiger partial charge in [-0.1, -0.05) is 88.6 Å². The molecule has 0 radical (unpaired) electrons. The van der Waals surface area contributed by atoms with Crippen LogP contribution in [0.15, 0.2) is 36.4 Å². The first-order valence-electron chi connectivity index (χ1n) is 11.8. The molecular formula is C26H44N2O. The van der Waals surface area contributed by atoms with Crippen molar-refractivity contribution in [1.29, 1.82) is 0 Å². The molecule has 3 heteroatoms. The van der Waals surface area contributed by atoms with Gasteiger partial charge in [0.2, 0.25) is 5.91 Å². The molecule has 0 aliphatic carbocycles. The van der Waals surface area contributed by atoms with E-state index in [1.165, 1.54) is 70.6 Å². The molecule has 0 aliphatic rings. The van der Waals surface area contributed by atoms with Crippen molar-refractivity contribution >= 4 is 11.6 Å². The Morgan fingerprint density at radius 1 is 0.897 bits per heavy atom. The van der Waals surface area contributed by atoms with Gasteiger partial charge in [0.05, 0.1) is 5.92 Å². The molecule has 164 valence electrons. The van der Waals surface area contributed by atoms with Gasteiger partial charge in [0.25, 0.3) is 0 Å². The van der Waals surface area contributed by atoms with E-state index in [4.69, 9.17) is 5.73 Å². The van der Waals surface area contributed by atoms with Gasteiger partial charge in [0.1, 0.15) is 0 Å². The minimum Gasteiger partial charge on any atom is -0.377 e. The van der Waals surface area contributed by atoms with Crippen LogP contribution in [-0.2, 0) is 4.79 Å². The van der Waals surface area contributed by atoms with Gasteiger partial charge in [-0.05, 0) is 43.7 Å². The van der Waals surface area contributed by atoms with Gasteiger partial charge in [-0.2, -0.15) is 0 Å². The fourth-order valence-electron chi connectivity index (χ4n) is 3.88. The lowest BCUT2D eigenvalue weighted by Gasteiger charge is -2.22. The van der Waals surface area contributed by atoms with Crippen LogP contribution in [0.25, 0.3) is 0 Å². The van der Waals surface area contributed by atoms with Gasteiger partial charge in [-0.25, -0.2) is 0 Å². The Kier molecular flexibility index (Phi) is 14.0. The first kappa shape index (κ1) is 25.3. The van der Waals surface area contributed by atoms with E-state index in [2.05, 4.69) is 30.0 Å². The summed E-state index contributed by atoms with van der Waals surface area (Å²) in [6.07, 6.45) is 20.9. The summed E-state index contributed by atoms with van der Waals surface area (Å²) < 4.78 is 0. The quantitative estimate of drug-likeness (QED) is 0.227. The molecule has 2 N–H and O–H groups in total. The predicted octanol–water partition coefficient (Wildman–Crippen LogP) is 6.97. The highest BCUT2D eigenvalue weighted by molar-refractivity contribution is 5.84. The second kappa shape index (κ2) is 16.1. The normalized spacial score (nSPS) is 12.4. The van der Waals surface area contributed by atoms with Crippen LogP contribution in [0.2, 0.25) is 0 Å². The molecular weight excluding hydrogens is 356 g/mol. The Balaban J connectivity index is 2.18. The third kappa shape index (κ3) is 11.1. The van der Waals surface area contributed by atoms with Crippen LogP contribution in [0.3, 0.4) is 0 Å². The number of nitrogens with two attached hydrogens (primary N) is 1. The van der Waals surface area contributed by atoms with E-state index in [0.29, 0.717) is 0 Å². The van der Waals surface area contributed by atoms with E-state index >= 15 is 0 Å². The zero-order valence-electron chi connectivity index (χ0n) is 19.2. The second-order valence-electron chi connectivity index (χ2n) is 8.43. The van der Waals surface area contributed by atoms with Crippen molar-refractivity contribution < 1.29 is 4.79 Å². The molecule has 0 heterocycles. The van der Waals surface area contributed by atoms with Crippen LogP contribution >= 0.6 is 0 Å². The van der Waals surface area contributed by atoms with E-state index in [-0.39, 0.29) is 11.8 Å². The third-order valence-electron chi connectivity index (χ3n) is 5.64. The van der Waals surface area contributed by atoms with E-state index < -0.39 is 0 Å². The lowest BCUT2D eigenvalue weighted by molar-refractivity contribution is -0.119. The number of hydrogen-bond donors (Lipinski definition) is 1. The molecule has 1 aromatic rings. The van der Waals surface area contributed by atoms with E-state index in [0.717, 1.165) is 24.1 Å². The summed E-state index contributed by atoms with van der Waals surface area (Å²) in [5.74, 6) is -0.400. The van der Waals surface area contributed by atoms with Crippen molar-refractivity contribution in [1.82, 2.24) is 0 Å². The van der Waals surface area contributed by atoms with Crippen molar-refractivity contribution in [3.8, 4) is 0 Å². The molecule has 0 aliphatic heterocycles. The molecule has 0 aromatic heterocycles. The topological polar surface area (TPSA) is 46.3 Å². The maximum Gasteiger partial charge on any atom is 0.225 e. The average Bonchev–Trinajstić information content (AvgIpc) is 2.70. The molecule has 0 saturated carbocycles. The second-order valence-corrected chi connectivity index (χ2v) is 8.43. The van der Waals surface area contributed by atoms with E-state index in [9.17, 15) is 4.79 Å². The Labute approximate surface area is 179 Å². The lowest BCUT2D eigenvalue weighted by atomic mass is 9.90. The molecule has 0 bridgehead atoms. The summed E-state index contributed by atoms with van der Waals surface area (Å²) in [5, 5.41) is 0. The predicted molar refractivity (Wildman–Crippen MR) is 128 cm³/mol. The number of amides is 1. The number of carbonyl (C=O) groups excluding carboxylic acids is 1. The fraction of sp³-hybridized carbons (Fsp3) is 0.654. The smallest absolute Gasteiger partial charge is 0.225 e. The Morgan fingerprint density at radius 2 is 1.45 bits per heavy atom. The summed E-state index contributed by atoms with van der Waals surface area (Å²) >= 11 is 0. The minimum atomic E-state index is -0.211. The molecule has 1 rings (SSSR count). The van der Waals surface area contributed by atoms with Gasteiger partial charge in [0, 0.05) is 19.8 Å². The van der Waals surface area contributed by atoms with Gasteiger partial charge in [0.15, 0.2) is 0 Å². The Bertz CT molecular complexity index is 580. The maximum absolute atomic E-state index is 12.0. The van der Waals surface area contributed by atoms with Crippen LogP contribution < -0.4 is 10.6 Å². The summed E-state index contributed by atoms with van der Waals surface area (Å²) in [6, 6.07) is 8.11. The molecule has 1 atom stereocenters. The van der Waals surface area contributed by atoms with Gasteiger partial charge in [-0.3, -0.25) is 4.79 Å². The number of nitrogens with zero attached hydrogens (tertiary/aromatic N) is 1. The average molecular weight is 401 g/mol. The molecule has 0 saturated heterocycles. The summed E-state index contributed by atoms with van der Waals surface area (Å²) in [4.78, 5) is 14.1. The summed E-state index contributed by atoms with van der Waals surface area (Å²) in [7, 11) is 4.02. The number of rotatable bonds is 17. The fourth-order valence-corrected chi connectivity index (χ4v) is 3.88. The van der Waals surface area contributed by atoms with Crippen LogP contribution in [0.4, 0.5) is 5.69 Å². The molecule has 1 amide bonds. The van der Waals surface area contributed by atoms with E-state index in [1.807, 2.05) is 32.3 Å².